The summed E-state index contributed by atoms with van der Waals surface area (Å²) in [5.41, 5.74) is 1.13. The normalized spacial score (nSPS) is 15.8. The fourth-order valence-electron chi connectivity index (χ4n) is 2.80. The summed E-state index contributed by atoms with van der Waals surface area (Å²) < 4.78 is 5.43. The number of nitrogens with zero attached hydrogens (tertiary/aromatic N) is 1. The Hall–Kier alpha value is -2.83. The van der Waals surface area contributed by atoms with Crippen molar-refractivity contribution in [2.24, 2.45) is 0 Å². The van der Waals surface area contributed by atoms with Crippen molar-refractivity contribution in [3.63, 3.8) is 0 Å². The minimum atomic E-state index is -0.835. The number of hydrogen-bond donors (Lipinski definition) is 1. The Kier molecular flexibility index (Phi) is 5.72. The number of imide groups is 2. The Morgan fingerprint density at radius 2 is 1.89 bits per heavy atom. The zero-order valence-corrected chi connectivity index (χ0v) is 16.6. The van der Waals surface area contributed by atoms with Gasteiger partial charge in [0, 0.05) is 10.0 Å². The van der Waals surface area contributed by atoms with Crippen LogP contribution in [0.5, 0.6) is 5.75 Å². The van der Waals surface area contributed by atoms with Gasteiger partial charge in [0.2, 0.25) is 0 Å². The number of barbiturate groups is 1. The molecule has 4 amide bonds. The second kappa shape index (κ2) is 8.04. The number of rotatable bonds is 4. The van der Waals surface area contributed by atoms with Gasteiger partial charge in [-0.25, -0.2) is 9.69 Å². The predicted octanol–water partition coefficient (Wildman–Crippen LogP) is 4.37. The molecule has 2 aromatic rings. The molecule has 1 aliphatic rings. The van der Waals surface area contributed by atoms with Gasteiger partial charge in [-0.1, -0.05) is 29.3 Å². The zero-order valence-electron chi connectivity index (χ0n) is 15.1. The van der Waals surface area contributed by atoms with Crippen molar-refractivity contribution in [3.8, 4) is 5.75 Å². The van der Waals surface area contributed by atoms with Crippen molar-refractivity contribution in [2.45, 2.75) is 13.8 Å². The van der Waals surface area contributed by atoms with Crippen molar-refractivity contribution in [2.75, 3.05) is 11.5 Å². The van der Waals surface area contributed by atoms with Crippen LogP contribution in [0.3, 0.4) is 0 Å². The molecule has 1 saturated heterocycles. The topological polar surface area (TPSA) is 75.7 Å². The molecule has 6 nitrogen and oxygen atoms in total. The number of hydrogen-bond acceptors (Lipinski definition) is 4. The van der Waals surface area contributed by atoms with Crippen molar-refractivity contribution < 1.29 is 19.1 Å². The lowest BCUT2D eigenvalue weighted by Crippen LogP contribution is -2.54. The van der Waals surface area contributed by atoms with Gasteiger partial charge in [-0.2, -0.15) is 0 Å². The predicted molar refractivity (Wildman–Crippen MR) is 108 cm³/mol. The van der Waals surface area contributed by atoms with Crippen molar-refractivity contribution in [1.82, 2.24) is 5.32 Å². The lowest BCUT2D eigenvalue weighted by molar-refractivity contribution is -0.122. The largest absolute Gasteiger partial charge is 0.494 e. The number of urea groups is 1. The third kappa shape index (κ3) is 3.88. The molecule has 0 radical (unpaired) electrons. The molecule has 0 saturated carbocycles. The van der Waals surface area contributed by atoms with Gasteiger partial charge < -0.3 is 4.74 Å². The molecule has 0 atom stereocenters. The number of ether oxygens (including phenoxy) is 1. The van der Waals surface area contributed by atoms with E-state index in [-0.39, 0.29) is 5.57 Å². The van der Waals surface area contributed by atoms with Crippen LogP contribution in [-0.2, 0) is 9.59 Å². The van der Waals surface area contributed by atoms with E-state index in [0.29, 0.717) is 39.2 Å². The van der Waals surface area contributed by atoms with Crippen LogP contribution in [0, 0.1) is 6.92 Å². The summed E-state index contributed by atoms with van der Waals surface area (Å²) in [6.45, 7) is 3.95. The lowest BCUT2D eigenvalue weighted by Gasteiger charge is -2.27. The molecule has 1 fully saturated rings. The van der Waals surface area contributed by atoms with Crippen LogP contribution in [0.25, 0.3) is 6.08 Å². The number of halogens is 2. The van der Waals surface area contributed by atoms with Crippen LogP contribution in [-0.4, -0.2) is 24.5 Å². The fraction of sp³-hybridized carbons (Fsp3) is 0.150. The molecule has 2 aromatic carbocycles. The SMILES string of the molecule is CCOc1cc(Cl)cc(/C=C2\C(=O)NC(=O)N(c3cccc(Cl)c3C)C2=O)c1. The minimum Gasteiger partial charge on any atom is -0.494 e. The summed E-state index contributed by atoms with van der Waals surface area (Å²) in [6.07, 6.45) is 1.37. The van der Waals surface area contributed by atoms with E-state index in [1.54, 1.807) is 43.3 Å². The molecular weight excluding hydrogens is 403 g/mol. The van der Waals surface area contributed by atoms with Gasteiger partial charge in [-0.05, 0) is 61.4 Å². The average Bonchev–Trinajstić information content (AvgIpc) is 2.62. The van der Waals surface area contributed by atoms with Crippen molar-refractivity contribution >= 4 is 52.8 Å². The molecule has 0 aromatic heterocycles. The Labute approximate surface area is 171 Å². The van der Waals surface area contributed by atoms with E-state index in [1.165, 1.54) is 6.08 Å². The van der Waals surface area contributed by atoms with Gasteiger partial charge in [0.15, 0.2) is 0 Å². The van der Waals surface area contributed by atoms with Crippen molar-refractivity contribution in [3.05, 3.63) is 63.1 Å². The molecule has 1 aliphatic heterocycles. The van der Waals surface area contributed by atoms with Crippen LogP contribution >= 0.6 is 23.2 Å². The maximum Gasteiger partial charge on any atom is 0.335 e. The highest BCUT2D eigenvalue weighted by Gasteiger charge is 2.37. The van der Waals surface area contributed by atoms with E-state index in [4.69, 9.17) is 27.9 Å². The lowest BCUT2D eigenvalue weighted by atomic mass is 10.1. The van der Waals surface area contributed by atoms with Gasteiger partial charge >= 0.3 is 6.03 Å². The van der Waals surface area contributed by atoms with Gasteiger partial charge in [0.1, 0.15) is 11.3 Å². The maximum atomic E-state index is 13.0. The van der Waals surface area contributed by atoms with Crippen molar-refractivity contribution in [1.29, 1.82) is 0 Å². The molecule has 3 rings (SSSR count). The molecule has 8 heteroatoms. The standard InChI is InChI=1S/C20H16Cl2N2O4/c1-3-28-14-8-12(7-13(21)10-14)9-15-18(25)23-20(27)24(19(15)26)17-6-4-5-16(22)11(17)2/h4-10H,3H2,1-2H3,(H,23,25,27)/b15-9+. The van der Waals surface area contributed by atoms with Gasteiger partial charge in [0.25, 0.3) is 11.8 Å². The van der Waals surface area contributed by atoms with E-state index in [1.807, 2.05) is 6.92 Å². The maximum absolute atomic E-state index is 13.0. The number of carbonyl (C=O) groups excluding carboxylic acids is 3. The van der Waals surface area contributed by atoms with E-state index in [0.717, 1.165) is 4.90 Å². The molecule has 0 bridgehead atoms. The van der Waals surface area contributed by atoms with E-state index in [2.05, 4.69) is 5.32 Å². The Balaban J connectivity index is 2.05. The van der Waals surface area contributed by atoms with E-state index in [9.17, 15) is 14.4 Å². The van der Waals surface area contributed by atoms with Crippen LogP contribution in [0.1, 0.15) is 18.1 Å². The first-order valence-corrected chi connectivity index (χ1v) is 9.17. The minimum absolute atomic E-state index is 0.205. The van der Waals surface area contributed by atoms with Crippen LogP contribution in [0.4, 0.5) is 10.5 Å². The summed E-state index contributed by atoms with van der Waals surface area (Å²) in [5, 5.41) is 2.97. The van der Waals surface area contributed by atoms with E-state index >= 15 is 0 Å². The molecule has 1 heterocycles. The molecule has 0 aliphatic carbocycles. The average molecular weight is 419 g/mol. The van der Waals surface area contributed by atoms with Crippen LogP contribution in [0.15, 0.2) is 42.0 Å². The Bertz CT molecular complexity index is 1020. The first kappa shape index (κ1) is 19.9. The first-order valence-electron chi connectivity index (χ1n) is 8.41. The highest BCUT2D eigenvalue weighted by molar-refractivity contribution is 6.40. The number of anilines is 1. The smallest absolute Gasteiger partial charge is 0.335 e. The highest BCUT2D eigenvalue weighted by atomic mass is 35.5. The Morgan fingerprint density at radius 3 is 2.61 bits per heavy atom. The second-order valence-electron chi connectivity index (χ2n) is 6.00. The summed E-state index contributed by atoms with van der Waals surface area (Å²) >= 11 is 12.2. The van der Waals surface area contributed by atoms with Gasteiger partial charge in [0.05, 0.1) is 12.3 Å². The monoisotopic (exact) mass is 418 g/mol. The third-order valence-corrected chi connectivity index (χ3v) is 4.72. The molecular formula is C20H16Cl2N2O4. The quantitative estimate of drug-likeness (QED) is 0.590. The summed E-state index contributed by atoms with van der Waals surface area (Å²) in [5.74, 6) is -1.04. The van der Waals surface area contributed by atoms with Crippen LogP contribution in [0.2, 0.25) is 10.0 Å². The second-order valence-corrected chi connectivity index (χ2v) is 6.84. The number of nitrogens with one attached hydrogen (secondary N) is 1. The summed E-state index contributed by atoms with van der Waals surface area (Å²) in [4.78, 5) is 38.5. The molecule has 144 valence electrons. The van der Waals surface area contributed by atoms with E-state index < -0.39 is 17.8 Å². The number of carbonyl (C=O) groups is 3. The number of benzene rings is 2. The van der Waals surface area contributed by atoms with Gasteiger partial charge in [-0.3, -0.25) is 14.9 Å². The third-order valence-electron chi connectivity index (χ3n) is 4.10. The zero-order chi connectivity index (χ0) is 20.4. The summed E-state index contributed by atoms with van der Waals surface area (Å²) in [6, 6.07) is 8.88. The highest BCUT2D eigenvalue weighted by Crippen LogP contribution is 2.30. The molecule has 0 spiro atoms. The fourth-order valence-corrected chi connectivity index (χ4v) is 3.20. The Morgan fingerprint density at radius 1 is 1.14 bits per heavy atom. The summed E-state index contributed by atoms with van der Waals surface area (Å²) in [7, 11) is 0. The molecule has 0 unspecified atom stereocenters. The van der Waals surface area contributed by atoms with Crippen LogP contribution < -0.4 is 15.0 Å². The molecule has 1 N–H and O–H groups in total. The number of amides is 4. The first-order chi connectivity index (χ1) is 13.3. The van der Waals surface area contributed by atoms with Gasteiger partial charge in [-0.15, -0.1) is 0 Å². The molecule has 28 heavy (non-hydrogen) atoms.